The Morgan fingerprint density at radius 2 is 1.86 bits per heavy atom. The highest BCUT2D eigenvalue weighted by Crippen LogP contribution is 2.13. The molecule has 2 rings (SSSR count). The Hall–Kier alpha value is -2.59. The number of carbonyl (C=O) groups is 2. The first-order valence-electron chi connectivity index (χ1n) is 6.51. The van der Waals surface area contributed by atoms with Gasteiger partial charge in [0.2, 0.25) is 5.91 Å². The molecule has 0 saturated heterocycles. The second-order valence-electron chi connectivity index (χ2n) is 4.45. The largest absolute Gasteiger partial charge is 0.465 e. The lowest BCUT2D eigenvalue weighted by molar-refractivity contribution is -0.111. The maximum atomic E-state index is 11.9. The molecule has 5 heteroatoms. The lowest BCUT2D eigenvalue weighted by Gasteiger charge is -2.04. The summed E-state index contributed by atoms with van der Waals surface area (Å²) in [7, 11) is 1.31. The predicted octanol–water partition coefficient (Wildman–Crippen LogP) is 3.78. The third kappa shape index (κ3) is 4.46. The van der Waals surface area contributed by atoms with Crippen LogP contribution in [-0.2, 0) is 9.53 Å². The molecule has 0 unspecified atom stereocenters. The molecule has 0 bridgehead atoms. The third-order valence-corrected chi connectivity index (χ3v) is 3.10. The van der Waals surface area contributed by atoms with Crippen molar-refractivity contribution >= 4 is 35.2 Å². The molecule has 2 aromatic carbocycles. The van der Waals surface area contributed by atoms with Crippen LogP contribution in [0.25, 0.3) is 6.08 Å². The second-order valence-corrected chi connectivity index (χ2v) is 4.88. The summed E-state index contributed by atoms with van der Waals surface area (Å²) in [6, 6.07) is 13.7. The molecule has 1 amide bonds. The fraction of sp³-hybridized carbons (Fsp3) is 0.0588. The van der Waals surface area contributed by atoms with Crippen LogP contribution in [0.1, 0.15) is 15.9 Å². The van der Waals surface area contributed by atoms with Gasteiger partial charge < -0.3 is 10.1 Å². The third-order valence-electron chi connectivity index (χ3n) is 2.85. The fourth-order valence-electron chi connectivity index (χ4n) is 1.77. The number of methoxy groups -OCH3 is 1. The molecular formula is C17H14ClNO3. The maximum absolute atomic E-state index is 11.9. The van der Waals surface area contributed by atoms with Crippen LogP contribution in [-0.4, -0.2) is 19.0 Å². The van der Waals surface area contributed by atoms with Crippen LogP contribution < -0.4 is 5.32 Å². The average molecular weight is 316 g/mol. The predicted molar refractivity (Wildman–Crippen MR) is 86.9 cm³/mol. The van der Waals surface area contributed by atoms with Gasteiger partial charge in [-0.05, 0) is 42.0 Å². The van der Waals surface area contributed by atoms with Crippen LogP contribution in [0.4, 0.5) is 5.69 Å². The van der Waals surface area contributed by atoms with E-state index in [9.17, 15) is 9.59 Å². The SMILES string of the molecule is COC(=O)c1cccc(NC(=O)C=Cc2ccc(Cl)cc2)c1. The molecule has 2 aromatic rings. The number of anilines is 1. The number of hydrogen-bond acceptors (Lipinski definition) is 3. The van der Waals surface area contributed by atoms with E-state index in [1.165, 1.54) is 13.2 Å². The molecule has 0 saturated carbocycles. The zero-order valence-electron chi connectivity index (χ0n) is 11.9. The van der Waals surface area contributed by atoms with E-state index < -0.39 is 5.97 Å². The smallest absolute Gasteiger partial charge is 0.337 e. The topological polar surface area (TPSA) is 55.4 Å². The molecule has 0 aliphatic carbocycles. The number of halogens is 1. The molecule has 0 aliphatic rings. The lowest BCUT2D eigenvalue weighted by Crippen LogP contribution is -2.09. The maximum Gasteiger partial charge on any atom is 0.337 e. The first-order valence-corrected chi connectivity index (χ1v) is 6.89. The van der Waals surface area contributed by atoms with Crippen molar-refractivity contribution < 1.29 is 14.3 Å². The number of esters is 1. The van der Waals surface area contributed by atoms with E-state index in [1.54, 1.807) is 42.5 Å². The van der Waals surface area contributed by atoms with Crippen molar-refractivity contribution in [1.29, 1.82) is 0 Å². The molecule has 22 heavy (non-hydrogen) atoms. The van der Waals surface area contributed by atoms with E-state index in [0.717, 1.165) is 5.56 Å². The van der Waals surface area contributed by atoms with Gasteiger partial charge >= 0.3 is 5.97 Å². The minimum atomic E-state index is -0.451. The van der Waals surface area contributed by atoms with Gasteiger partial charge in [-0.25, -0.2) is 4.79 Å². The summed E-state index contributed by atoms with van der Waals surface area (Å²) >= 11 is 5.79. The van der Waals surface area contributed by atoms with E-state index in [1.807, 2.05) is 12.1 Å². The van der Waals surface area contributed by atoms with Crippen LogP contribution in [0, 0.1) is 0 Å². The standard InChI is InChI=1S/C17H14ClNO3/c1-22-17(21)13-3-2-4-15(11-13)19-16(20)10-7-12-5-8-14(18)9-6-12/h2-11H,1H3,(H,19,20). The van der Waals surface area contributed by atoms with Crippen molar-refractivity contribution in [1.82, 2.24) is 0 Å². The Kier molecular flexibility index (Phi) is 5.33. The fourth-order valence-corrected chi connectivity index (χ4v) is 1.90. The Morgan fingerprint density at radius 3 is 2.55 bits per heavy atom. The molecule has 0 aliphatic heterocycles. The van der Waals surface area contributed by atoms with E-state index in [-0.39, 0.29) is 5.91 Å². The van der Waals surface area contributed by atoms with Gasteiger partial charge in [-0.3, -0.25) is 4.79 Å². The van der Waals surface area contributed by atoms with Crippen molar-refractivity contribution in [3.05, 3.63) is 70.8 Å². The van der Waals surface area contributed by atoms with Crippen molar-refractivity contribution in [2.75, 3.05) is 12.4 Å². The lowest BCUT2D eigenvalue weighted by atomic mass is 10.2. The minimum absolute atomic E-state index is 0.294. The molecule has 0 aromatic heterocycles. The van der Waals surface area contributed by atoms with E-state index in [2.05, 4.69) is 10.1 Å². The number of benzene rings is 2. The highest BCUT2D eigenvalue weighted by Gasteiger charge is 2.06. The van der Waals surface area contributed by atoms with Crippen molar-refractivity contribution in [3.8, 4) is 0 Å². The quantitative estimate of drug-likeness (QED) is 0.690. The molecular weight excluding hydrogens is 302 g/mol. The van der Waals surface area contributed by atoms with Gasteiger partial charge in [-0.2, -0.15) is 0 Å². The van der Waals surface area contributed by atoms with Crippen molar-refractivity contribution in [2.45, 2.75) is 0 Å². The highest BCUT2D eigenvalue weighted by atomic mass is 35.5. The Labute approximate surface area is 133 Å². The van der Waals surface area contributed by atoms with Gasteiger partial charge in [-0.1, -0.05) is 29.8 Å². The van der Waals surface area contributed by atoms with Crippen LogP contribution in [0.2, 0.25) is 5.02 Å². The number of carbonyl (C=O) groups excluding carboxylic acids is 2. The first kappa shape index (κ1) is 15.8. The number of ether oxygens (including phenoxy) is 1. The Morgan fingerprint density at radius 1 is 1.14 bits per heavy atom. The zero-order chi connectivity index (χ0) is 15.9. The molecule has 4 nitrogen and oxygen atoms in total. The average Bonchev–Trinajstić information content (AvgIpc) is 2.54. The summed E-state index contributed by atoms with van der Waals surface area (Å²) in [5.74, 6) is -0.746. The molecule has 0 spiro atoms. The van der Waals surface area contributed by atoms with Crippen molar-refractivity contribution in [3.63, 3.8) is 0 Å². The normalized spacial score (nSPS) is 10.5. The molecule has 0 atom stereocenters. The molecule has 112 valence electrons. The Bertz CT molecular complexity index is 708. The van der Waals surface area contributed by atoms with Gasteiger partial charge in [0, 0.05) is 16.8 Å². The number of amides is 1. The summed E-state index contributed by atoms with van der Waals surface area (Å²) in [6.07, 6.45) is 3.09. The monoisotopic (exact) mass is 315 g/mol. The zero-order valence-corrected chi connectivity index (χ0v) is 12.6. The number of hydrogen-bond donors (Lipinski definition) is 1. The molecule has 0 heterocycles. The van der Waals surface area contributed by atoms with E-state index in [4.69, 9.17) is 11.6 Å². The summed E-state index contributed by atoms with van der Waals surface area (Å²) in [4.78, 5) is 23.3. The van der Waals surface area contributed by atoms with E-state index in [0.29, 0.717) is 16.3 Å². The van der Waals surface area contributed by atoms with Crippen molar-refractivity contribution in [2.24, 2.45) is 0 Å². The van der Waals surface area contributed by atoms with Crippen LogP contribution >= 0.6 is 11.6 Å². The number of nitrogens with one attached hydrogen (secondary N) is 1. The summed E-state index contributed by atoms with van der Waals surface area (Å²) in [5, 5.41) is 3.32. The Balaban J connectivity index is 2.02. The molecule has 1 N–H and O–H groups in total. The van der Waals surface area contributed by atoms with E-state index >= 15 is 0 Å². The highest BCUT2D eigenvalue weighted by molar-refractivity contribution is 6.30. The van der Waals surface area contributed by atoms with Crippen LogP contribution in [0.3, 0.4) is 0 Å². The van der Waals surface area contributed by atoms with Gasteiger partial charge in [-0.15, -0.1) is 0 Å². The summed E-state index contributed by atoms with van der Waals surface area (Å²) in [6.45, 7) is 0. The number of rotatable bonds is 4. The molecule has 0 radical (unpaired) electrons. The van der Waals surface area contributed by atoms with Gasteiger partial charge in [0.05, 0.1) is 12.7 Å². The van der Waals surface area contributed by atoms with Gasteiger partial charge in [0.15, 0.2) is 0 Å². The van der Waals surface area contributed by atoms with Gasteiger partial charge in [0.25, 0.3) is 0 Å². The first-order chi connectivity index (χ1) is 10.6. The van der Waals surface area contributed by atoms with Crippen LogP contribution in [0.15, 0.2) is 54.6 Å². The van der Waals surface area contributed by atoms with Crippen LogP contribution in [0.5, 0.6) is 0 Å². The second kappa shape index (κ2) is 7.43. The summed E-state index contributed by atoms with van der Waals surface area (Å²) in [5.41, 5.74) is 1.76. The molecule has 0 fully saturated rings. The van der Waals surface area contributed by atoms with Gasteiger partial charge in [0.1, 0.15) is 0 Å². The minimum Gasteiger partial charge on any atom is -0.465 e. The summed E-state index contributed by atoms with van der Waals surface area (Å²) < 4.78 is 4.63.